The fraction of sp³-hybridized carbons (Fsp3) is 0.316. The van der Waals surface area contributed by atoms with Crippen molar-refractivity contribution in [3.05, 3.63) is 119 Å². The molecule has 7 nitrogen and oxygen atoms in total. The van der Waals surface area contributed by atoms with E-state index in [1.54, 1.807) is 25.3 Å². The molecule has 0 bridgehead atoms. The highest BCUT2D eigenvalue weighted by atomic mass is 19.1. The average molecular weight is 628 g/mol. The predicted octanol–water partition coefficient (Wildman–Crippen LogP) is 7.65. The second-order valence-corrected chi connectivity index (χ2v) is 10.9. The van der Waals surface area contributed by atoms with Gasteiger partial charge in [-0.05, 0) is 91.4 Å². The van der Waals surface area contributed by atoms with E-state index >= 15 is 4.39 Å². The lowest BCUT2D eigenvalue weighted by molar-refractivity contribution is -0.143. The molecule has 8 heteroatoms. The van der Waals surface area contributed by atoms with Crippen LogP contribution in [0.4, 0.5) is 4.39 Å². The summed E-state index contributed by atoms with van der Waals surface area (Å²) in [6, 6.07) is 27.9. The maximum atomic E-state index is 15.1. The van der Waals surface area contributed by atoms with Crippen LogP contribution in [0.5, 0.6) is 11.5 Å². The van der Waals surface area contributed by atoms with E-state index < -0.39 is 0 Å². The van der Waals surface area contributed by atoms with Crippen LogP contribution < -0.4 is 9.47 Å². The summed E-state index contributed by atoms with van der Waals surface area (Å²) in [5.41, 5.74) is 4.76. The number of para-hydroxylation sites is 1. The molecule has 0 radical (unpaired) electrons. The van der Waals surface area contributed by atoms with E-state index in [0.29, 0.717) is 42.9 Å². The Bertz CT molecular complexity index is 1550. The summed E-state index contributed by atoms with van der Waals surface area (Å²) in [5, 5.41) is 0. The first-order valence-corrected chi connectivity index (χ1v) is 15.6. The first-order chi connectivity index (χ1) is 22.4. The largest absolute Gasteiger partial charge is 0.497 e. The number of methoxy groups -OCH3 is 2. The molecule has 0 N–H and O–H groups in total. The minimum Gasteiger partial charge on any atom is -0.497 e. The van der Waals surface area contributed by atoms with E-state index in [1.807, 2.05) is 73.7 Å². The Hall–Kier alpha value is -4.69. The van der Waals surface area contributed by atoms with E-state index in [2.05, 4.69) is 4.90 Å². The van der Waals surface area contributed by atoms with Gasteiger partial charge in [0.2, 0.25) is 0 Å². The molecule has 4 aromatic carbocycles. The summed E-state index contributed by atoms with van der Waals surface area (Å²) < 4.78 is 36.4. The zero-order chi connectivity index (χ0) is 32.7. The molecule has 0 aliphatic carbocycles. The van der Waals surface area contributed by atoms with Crippen LogP contribution in [0.15, 0.2) is 91.0 Å². The van der Waals surface area contributed by atoms with Gasteiger partial charge >= 0.3 is 11.9 Å². The zero-order valence-electron chi connectivity index (χ0n) is 26.8. The third-order valence-corrected chi connectivity index (χ3v) is 7.72. The number of carbonyl (C=O) groups is 2. The highest BCUT2D eigenvalue weighted by molar-refractivity contribution is 5.89. The van der Waals surface area contributed by atoms with Crippen LogP contribution in [0.1, 0.15) is 53.2 Å². The highest BCUT2D eigenvalue weighted by Gasteiger charge is 2.13. The van der Waals surface area contributed by atoms with E-state index in [4.69, 9.17) is 18.9 Å². The number of nitrogens with zero attached hydrogens (tertiary/aromatic N) is 1. The number of rotatable bonds is 17. The Kier molecular flexibility index (Phi) is 13.2. The van der Waals surface area contributed by atoms with Crippen LogP contribution in [0, 0.1) is 5.82 Å². The van der Waals surface area contributed by atoms with Gasteiger partial charge < -0.3 is 18.9 Å². The van der Waals surface area contributed by atoms with Crippen LogP contribution >= 0.6 is 0 Å². The number of esters is 2. The smallest absolute Gasteiger partial charge is 0.337 e. The monoisotopic (exact) mass is 627 g/mol. The van der Waals surface area contributed by atoms with Crippen molar-refractivity contribution in [3.8, 4) is 22.6 Å². The second kappa shape index (κ2) is 17.7. The molecule has 4 aromatic rings. The summed E-state index contributed by atoms with van der Waals surface area (Å²) in [6.45, 7) is 4.50. The van der Waals surface area contributed by atoms with Crippen molar-refractivity contribution in [2.24, 2.45) is 0 Å². The van der Waals surface area contributed by atoms with E-state index in [1.165, 1.54) is 13.2 Å². The molecule has 0 atom stereocenters. The van der Waals surface area contributed by atoms with Crippen LogP contribution in [0.25, 0.3) is 11.1 Å². The molecule has 0 heterocycles. The zero-order valence-corrected chi connectivity index (χ0v) is 26.8. The lowest BCUT2D eigenvalue weighted by Gasteiger charge is -2.23. The van der Waals surface area contributed by atoms with E-state index in [-0.39, 0.29) is 24.4 Å². The van der Waals surface area contributed by atoms with Crippen LogP contribution in [-0.2, 0) is 33.8 Å². The topological polar surface area (TPSA) is 74.3 Å². The van der Waals surface area contributed by atoms with Crippen molar-refractivity contribution in [1.82, 2.24) is 4.90 Å². The molecular weight excluding hydrogens is 585 g/mol. The molecule has 4 rings (SSSR count). The predicted molar refractivity (Wildman–Crippen MR) is 176 cm³/mol. The van der Waals surface area contributed by atoms with Crippen molar-refractivity contribution < 1.29 is 32.9 Å². The van der Waals surface area contributed by atoms with Gasteiger partial charge in [0.1, 0.15) is 23.9 Å². The summed E-state index contributed by atoms with van der Waals surface area (Å²) >= 11 is 0. The van der Waals surface area contributed by atoms with Gasteiger partial charge in [0.25, 0.3) is 0 Å². The Morgan fingerprint density at radius 2 is 1.54 bits per heavy atom. The van der Waals surface area contributed by atoms with Crippen molar-refractivity contribution in [3.63, 3.8) is 0 Å². The first-order valence-electron chi connectivity index (χ1n) is 15.6. The number of carbonyl (C=O) groups excluding carboxylic acids is 2. The van der Waals surface area contributed by atoms with E-state index in [0.717, 1.165) is 53.9 Å². The number of ether oxygens (including phenoxy) is 4. The summed E-state index contributed by atoms with van der Waals surface area (Å²) in [5.74, 6) is 0.598. The first kappa shape index (κ1) is 34.2. The van der Waals surface area contributed by atoms with Gasteiger partial charge in [-0.2, -0.15) is 0 Å². The molecule has 0 aliphatic rings. The fourth-order valence-corrected chi connectivity index (χ4v) is 5.14. The third-order valence-electron chi connectivity index (χ3n) is 7.72. The standard InChI is InChI=1S/C38H42FNO6/c1-4-45-37(41)11-7-8-23-40(26-28-12-14-31(15-13-28)38(42)44-3)24-22-30-9-5-6-10-36(30)46-27-33-17-16-32(25-35(33)39)29-18-20-34(43-2)21-19-29/h5-6,9-10,12-21,25H,4,7-8,11,22-24,26-27H2,1-3H3. The minimum atomic E-state index is -0.368. The molecular formula is C38H42FNO6. The number of hydrogen-bond donors (Lipinski definition) is 0. The number of unbranched alkanes of at least 4 members (excludes halogenated alkanes) is 1. The Morgan fingerprint density at radius 3 is 2.24 bits per heavy atom. The van der Waals surface area contributed by atoms with Crippen molar-refractivity contribution in [2.75, 3.05) is 33.9 Å². The van der Waals surface area contributed by atoms with Crippen molar-refractivity contribution >= 4 is 11.9 Å². The van der Waals surface area contributed by atoms with Crippen molar-refractivity contribution in [1.29, 1.82) is 0 Å². The molecule has 0 aromatic heterocycles. The highest BCUT2D eigenvalue weighted by Crippen LogP contribution is 2.26. The van der Waals surface area contributed by atoms with Gasteiger partial charge in [-0.15, -0.1) is 0 Å². The number of halogens is 1. The fourth-order valence-electron chi connectivity index (χ4n) is 5.14. The molecule has 0 saturated carbocycles. The van der Waals surface area contributed by atoms with Crippen LogP contribution in [-0.4, -0.2) is 50.8 Å². The lowest BCUT2D eigenvalue weighted by atomic mass is 10.0. The summed E-state index contributed by atoms with van der Waals surface area (Å²) in [6.07, 6.45) is 2.68. The second-order valence-electron chi connectivity index (χ2n) is 10.9. The normalized spacial score (nSPS) is 10.9. The summed E-state index contributed by atoms with van der Waals surface area (Å²) in [7, 11) is 2.98. The van der Waals surface area contributed by atoms with Gasteiger partial charge in [0.15, 0.2) is 0 Å². The SMILES string of the molecule is CCOC(=O)CCCCN(CCc1ccccc1OCc1ccc(-c2ccc(OC)cc2)cc1F)Cc1ccc(C(=O)OC)cc1. The minimum absolute atomic E-state index is 0.107. The maximum absolute atomic E-state index is 15.1. The maximum Gasteiger partial charge on any atom is 0.337 e. The van der Waals surface area contributed by atoms with Gasteiger partial charge in [0.05, 0.1) is 26.4 Å². The summed E-state index contributed by atoms with van der Waals surface area (Å²) in [4.78, 5) is 26.0. The molecule has 0 spiro atoms. The van der Waals surface area contributed by atoms with Crippen LogP contribution in [0.2, 0.25) is 0 Å². The van der Waals surface area contributed by atoms with Crippen molar-refractivity contribution in [2.45, 2.75) is 45.8 Å². The lowest BCUT2D eigenvalue weighted by Crippen LogP contribution is -2.27. The van der Waals surface area contributed by atoms with Gasteiger partial charge in [0, 0.05) is 25.1 Å². The quantitative estimate of drug-likeness (QED) is 0.0880. The molecule has 0 unspecified atom stereocenters. The Morgan fingerprint density at radius 1 is 0.804 bits per heavy atom. The Labute approximate surface area is 270 Å². The Balaban J connectivity index is 1.39. The molecule has 46 heavy (non-hydrogen) atoms. The molecule has 0 aliphatic heterocycles. The molecule has 0 saturated heterocycles. The molecule has 0 amide bonds. The molecule has 242 valence electrons. The number of benzene rings is 4. The number of hydrogen-bond acceptors (Lipinski definition) is 7. The van der Waals surface area contributed by atoms with Crippen LogP contribution in [0.3, 0.4) is 0 Å². The van der Waals surface area contributed by atoms with E-state index in [9.17, 15) is 9.59 Å². The van der Waals surface area contributed by atoms with Gasteiger partial charge in [-0.25, -0.2) is 9.18 Å². The average Bonchev–Trinajstić information content (AvgIpc) is 3.08. The van der Waals surface area contributed by atoms with Gasteiger partial charge in [-0.3, -0.25) is 9.69 Å². The molecule has 0 fully saturated rings. The van der Waals surface area contributed by atoms with Gasteiger partial charge in [-0.1, -0.05) is 54.6 Å². The third kappa shape index (κ3) is 10.2.